The topological polar surface area (TPSA) is 94.9 Å². The molecule has 0 aromatic heterocycles. The number of benzene rings is 2. The van der Waals surface area contributed by atoms with Gasteiger partial charge in [-0.25, -0.2) is 0 Å². The predicted octanol–water partition coefficient (Wildman–Crippen LogP) is 4.10. The Morgan fingerprint density at radius 2 is 1.63 bits per heavy atom. The molecule has 0 bridgehead atoms. The highest BCUT2D eigenvalue weighted by Gasteiger charge is 2.45. The number of carboxylic acids is 1. The maximum absolute atomic E-state index is 12.9. The Kier molecular flexibility index (Phi) is 6.35. The largest absolute Gasteiger partial charge is 0.507 e. The zero-order valence-electron chi connectivity index (χ0n) is 17.0. The minimum Gasteiger partial charge on any atom is -0.507 e. The molecular formula is C24H25NO5. The number of nitrogens with zero attached hydrogens (tertiary/aromatic N) is 1. The van der Waals surface area contributed by atoms with Gasteiger partial charge in [0.25, 0.3) is 11.7 Å². The number of aliphatic carboxylic acids is 1. The summed E-state index contributed by atoms with van der Waals surface area (Å²) in [5, 5.41) is 19.8. The molecule has 1 atom stereocenters. The molecule has 1 saturated heterocycles. The molecule has 6 nitrogen and oxygen atoms in total. The van der Waals surface area contributed by atoms with Crippen molar-refractivity contribution >= 4 is 23.4 Å². The molecule has 156 valence electrons. The molecule has 1 unspecified atom stereocenters. The van der Waals surface area contributed by atoms with Crippen molar-refractivity contribution in [3.63, 3.8) is 0 Å². The van der Waals surface area contributed by atoms with Gasteiger partial charge in [-0.3, -0.25) is 14.4 Å². The minimum atomic E-state index is -0.964. The van der Waals surface area contributed by atoms with E-state index in [0.29, 0.717) is 17.0 Å². The molecule has 0 radical (unpaired) electrons. The first-order valence-corrected chi connectivity index (χ1v) is 9.96. The standard InChI is InChI=1S/C24H25NO5/c1-15(2)16-10-12-17(13-11-16)21-20(22(28)18-7-4-3-5-8-18)23(29)24(30)25(21)14-6-9-19(26)27/h3-5,7-8,10-13,15,21,28H,6,9,14H2,1-2H3,(H,26,27)/b22-20+. The Balaban J connectivity index is 2.08. The lowest BCUT2D eigenvalue weighted by molar-refractivity contribution is -0.140. The lowest BCUT2D eigenvalue weighted by atomic mass is 9.93. The zero-order valence-corrected chi connectivity index (χ0v) is 17.0. The molecule has 2 aromatic carbocycles. The maximum Gasteiger partial charge on any atom is 0.303 e. The summed E-state index contributed by atoms with van der Waals surface area (Å²) in [5.41, 5.74) is 2.29. The lowest BCUT2D eigenvalue weighted by Gasteiger charge is -2.25. The van der Waals surface area contributed by atoms with Gasteiger partial charge in [0.1, 0.15) is 5.76 Å². The second kappa shape index (κ2) is 8.95. The number of rotatable bonds is 7. The molecule has 1 amide bonds. The van der Waals surface area contributed by atoms with Crippen molar-refractivity contribution in [3.8, 4) is 0 Å². The number of carbonyl (C=O) groups is 3. The van der Waals surface area contributed by atoms with E-state index < -0.39 is 23.7 Å². The molecule has 2 aromatic rings. The van der Waals surface area contributed by atoms with E-state index in [1.807, 2.05) is 24.3 Å². The van der Waals surface area contributed by atoms with Crippen LogP contribution < -0.4 is 0 Å². The molecule has 0 aliphatic carbocycles. The number of aliphatic hydroxyl groups excluding tert-OH is 1. The second-order valence-corrected chi connectivity index (χ2v) is 7.68. The number of ketones is 1. The van der Waals surface area contributed by atoms with Crippen LogP contribution in [0.5, 0.6) is 0 Å². The van der Waals surface area contributed by atoms with E-state index in [9.17, 15) is 19.5 Å². The Bertz CT molecular complexity index is 976. The molecule has 6 heteroatoms. The molecule has 1 fully saturated rings. The van der Waals surface area contributed by atoms with Crippen LogP contribution in [0, 0.1) is 0 Å². The smallest absolute Gasteiger partial charge is 0.303 e. The Morgan fingerprint density at radius 1 is 1.00 bits per heavy atom. The number of hydrogen-bond acceptors (Lipinski definition) is 4. The van der Waals surface area contributed by atoms with Crippen LogP contribution in [0.2, 0.25) is 0 Å². The number of hydrogen-bond donors (Lipinski definition) is 2. The van der Waals surface area contributed by atoms with E-state index in [4.69, 9.17) is 5.11 Å². The van der Waals surface area contributed by atoms with Gasteiger partial charge in [-0.05, 0) is 23.5 Å². The molecule has 1 aliphatic rings. The van der Waals surface area contributed by atoms with Gasteiger partial charge in [0.15, 0.2) is 0 Å². The normalized spacial score (nSPS) is 18.2. The highest BCUT2D eigenvalue weighted by atomic mass is 16.4. The fraction of sp³-hybridized carbons (Fsp3) is 0.292. The van der Waals surface area contributed by atoms with Crippen molar-refractivity contribution in [1.82, 2.24) is 4.90 Å². The van der Waals surface area contributed by atoms with E-state index in [2.05, 4.69) is 13.8 Å². The molecule has 1 aliphatic heterocycles. The van der Waals surface area contributed by atoms with Gasteiger partial charge in [-0.2, -0.15) is 0 Å². The van der Waals surface area contributed by atoms with E-state index >= 15 is 0 Å². The number of likely N-dealkylation sites (tertiary alicyclic amines) is 1. The minimum absolute atomic E-state index is 0.0267. The molecule has 3 rings (SSSR count). The van der Waals surface area contributed by atoms with Crippen LogP contribution in [0.25, 0.3) is 5.76 Å². The third kappa shape index (κ3) is 4.27. The number of amides is 1. The number of carboxylic acid groups (broad SMARTS) is 1. The van der Waals surface area contributed by atoms with Crippen LogP contribution in [-0.4, -0.2) is 39.3 Å². The molecule has 0 spiro atoms. The van der Waals surface area contributed by atoms with Crippen LogP contribution in [0.4, 0.5) is 0 Å². The van der Waals surface area contributed by atoms with Crippen LogP contribution >= 0.6 is 0 Å². The fourth-order valence-corrected chi connectivity index (χ4v) is 3.67. The summed E-state index contributed by atoms with van der Waals surface area (Å²) in [4.78, 5) is 37.9. The Labute approximate surface area is 175 Å². The average Bonchev–Trinajstić information content (AvgIpc) is 2.98. The number of carbonyl (C=O) groups excluding carboxylic acids is 2. The summed E-state index contributed by atoms with van der Waals surface area (Å²) < 4.78 is 0. The summed E-state index contributed by atoms with van der Waals surface area (Å²) >= 11 is 0. The van der Waals surface area contributed by atoms with Gasteiger partial charge >= 0.3 is 5.97 Å². The van der Waals surface area contributed by atoms with E-state index in [1.54, 1.807) is 30.3 Å². The second-order valence-electron chi connectivity index (χ2n) is 7.68. The van der Waals surface area contributed by atoms with Crippen molar-refractivity contribution < 1.29 is 24.6 Å². The van der Waals surface area contributed by atoms with Gasteiger partial charge < -0.3 is 15.1 Å². The van der Waals surface area contributed by atoms with Crippen molar-refractivity contribution in [2.45, 2.75) is 38.6 Å². The first kappa shape index (κ1) is 21.3. The third-order valence-electron chi connectivity index (χ3n) is 5.30. The fourth-order valence-electron chi connectivity index (χ4n) is 3.67. The zero-order chi connectivity index (χ0) is 21.8. The first-order chi connectivity index (χ1) is 14.3. The molecule has 30 heavy (non-hydrogen) atoms. The van der Waals surface area contributed by atoms with Crippen molar-refractivity contribution in [2.75, 3.05) is 6.54 Å². The summed E-state index contributed by atoms with van der Waals surface area (Å²) in [6.45, 7) is 4.25. The third-order valence-corrected chi connectivity index (χ3v) is 5.30. The van der Waals surface area contributed by atoms with Crippen LogP contribution in [0.3, 0.4) is 0 Å². The van der Waals surface area contributed by atoms with Crippen LogP contribution in [0.1, 0.15) is 55.3 Å². The monoisotopic (exact) mass is 407 g/mol. The average molecular weight is 407 g/mol. The quantitative estimate of drug-likeness (QED) is 0.409. The Hall–Kier alpha value is -3.41. The predicted molar refractivity (Wildman–Crippen MR) is 113 cm³/mol. The molecule has 2 N–H and O–H groups in total. The highest BCUT2D eigenvalue weighted by Crippen LogP contribution is 2.39. The SMILES string of the molecule is CC(C)c1ccc(C2/C(=C(\O)c3ccccc3)C(=O)C(=O)N2CCCC(=O)O)cc1. The van der Waals surface area contributed by atoms with E-state index in [0.717, 1.165) is 5.56 Å². The highest BCUT2D eigenvalue weighted by molar-refractivity contribution is 6.46. The molecule has 0 saturated carbocycles. The van der Waals surface area contributed by atoms with Crippen molar-refractivity contribution in [3.05, 3.63) is 76.9 Å². The van der Waals surface area contributed by atoms with Gasteiger partial charge in [0.05, 0.1) is 11.6 Å². The van der Waals surface area contributed by atoms with Crippen molar-refractivity contribution in [1.29, 1.82) is 0 Å². The van der Waals surface area contributed by atoms with Crippen molar-refractivity contribution in [2.24, 2.45) is 0 Å². The van der Waals surface area contributed by atoms with E-state index in [1.165, 1.54) is 4.90 Å². The van der Waals surface area contributed by atoms with Gasteiger partial charge in [-0.15, -0.1) is 0 Å². The maximum atomic E-state index is 12.9. The first-order valence-electron chi connectivity index (χ1n) is 9.96. The summed E-state index contributed by atoms with van der Waals surface area (Å²) in [6.07, 6.45) is 0.106. The number of Topliss-reactive ketones (excluding diaryl/α,β-unsaturated/α-hetero) is 1. The Morgan fingerprint density at radius 3 is 2.20 bits per heavy atom. The van der Waals surface area contributed by atoms with Gasteiger partial charge in [0, 0.05) is 18.5 Å². The van der Waals surface area contributed by atoms with E-state index in [-0.39, 0.29) is 30.7 Å². The summed E-state index contributed by atoms with van der Waals surface area (Å²) in [5.74, 6) is -2.35. The van der Waals surface area contributed by atoms with Crippen LogP contribution in [0.15, 0.2) is 60.2 Å². The van der Waals surface area contributed by atoms with Crippen LogP contribution in [-0.2, 0) is 14.4 Å². The molecule has 1 heterocycles. The number of aliphatic hydroxyl groups is 1. The molecular weight excluding hydrogens is 382 g/mol. The summed E-state index contributed by atoms with van der Waals surface area (Å²) in [7, 11) is 0. The summed E-state index contributed by atoms with van der Waals surface area (Å²) in [6, 6.07) is 15.5. The van der Waals surface area contributed by atoms with Gasteiger partial charge in [0.2, 0.25) is 0 Å². The lowest BCUT2D eigenvalue weighted by Crippen LogP contribution is -2.31. The van der Waals surface area contributed by atoms with Gasteiger partial charge in [-0.1, -0.05) is 68.4 Å².